The van der Waals surface area contributed by atoms with Crippen LogP contribution < -0.4 is 0 Å². The molecule has 0 aliphatic rings. The van der Waals surface area contributed by atoms with E-state index in [2.05, 4.69) is 24.0 Å². The molecule has 0 saturated carbocycles. The second-order valence-electron chi connectivity index (χ2n) is 4.75. The van der Waals surface area contributed by atoms with Gasteiger partial charge in [-0.05, 0) is 12.8 Å². The number of aldehydes is 1. The summed E-state index contributed by atoms with van der Waals surface area (Å²) in [5.74, 6) is 0.496. The van der Waals surface area contributed by atoms with Crippen molar-refractivity contribution < 1.29 is 4.79 Å². The van der Waals surface area contributed by atoms with Gasteiger partial charge in [0.1, 0.15) is 5.69 Å². The molecule has 96 valence electrons. The molecular weight excluding hydrogens is 228 g/mol. The van der Waals surface area contributed by atoms with Gasteiger partial charge in [0.05, 0.1) is 11.8 Å². The number of aromatic nitrogens is 4. The first-order valence-corrected chi connectivity index (χ1v) is 6.19. The largest absolute Gasteiger partial charge is 0.298 e. The van der Waals surface area contributed by atoms with Crippen LogP contribution in [0.5, 0.6) is 0 Å². The van der Waals surface area contributed by atoms with Crippen molar-refractivity contribution in [3.63, 3.8) is 0 Å². The number of carbonyl (C=O) groups is 1. The summed E-state index contributed by atoms with van der Waals surface area (Å²) in [6, 6.07) is 0. The van der Waals surface area contributed by atoms with Gasteiger partial charge in [0, 0.05) is 31.0 Å². The molecule has 0 atom stereocenters. The van der Waals surface area contributed by atoms with Crippen LogP contribution in [-0.2, 0) is 13.1 Å². The first kappa shape index (κ1) is 12.5. The summed E-state index contributed by atoms with van der Waals surface area (Å²) in [6.07, 6.45) is 6.31. The average Bonchev–Trinajstić information content (AvgIpc) is 2.93. The van der Waals surface area contributed by atoms with Crippen LogP contribution in [0.2, 0.25) is 0 Å². The highest BCUT2D eigenvalue weighted by Gasteiger charge is 2.12. The zero-order valence-corrected chi connectivity index (χ0v) is 11.0. The van der Waals surface area contributed by atoms with Crippen molar-refractivity contribution in [1.82, 2.24) is 19.6 Å². The van der Waals surface area contributed by atoms with E-state index in [1.54, 1.807) is 12.4 Å². The van der Waals surface area contributed by atoms with Crippen LogP contribution in [0.15, 0.2) is 18.6 Å². The summed E-state index contributed by atoms with van der Waals surface area (Å²) in [5, 5.41) is 8.68. The van der Waals surface area contributed by atoms with Crippen molar-refractivity contribution in [2.75, 3.05) is 0 Å². The summed E-state index contributed by atoms with van der Waals surface area (Å²) < 4.78 is 3.65. The second-order valence-corrected chi connectivity index (χ2v) is 4.75. The fourth-order valence-corrected chi connectivity index (χ4v) is 1.87. The van der Waals surface area contributed by atoms with Crippen molar-refractivity contribution in [3.8, 4) is 11.3 Å². The molecule has 0 bridgehead atoms. The minimum atomic E-state index is 0.496. The first-order chi connectivity index (χ1) is 8.63. The number of carbonyl (C=O) groups excluding carboxylic acids is 1. The van der Waals surface area contributed by atoms with Gasteiger partial charge in [-0.15, -0.1) is 0 Å². The van der Waals surface area contributed by atoms with E-state index in [0.29, 0.717) is 17.2 Å². The van der Waals surface area contributed by atoms with Crippen LogP contribution >= 0.6 is 0 Å². The van der Waals surface area contributed by atoms with Gasteiger partial charge in [0.25, 0.3) is 0 Å². The maximum absolute atomic E-state index is 11.1. The third-order valence-corrected chi connectivity index (χ3v) is 2.70. The molecule has 0 radical (unpaired) electrons. The lowest BCUT2D eigenvalue weighted by molar-refractivity contribution is 0.112. The van der Waals surface area contributed by atoms with E-state index < -0.39 is 0 Å². The average molecular weight is 246 g/mol. The fourth-order valence-electron chi connectivity index (χ4n) is 1.87. The number of rotatable bonds is 5. The molecule has 0 amide bonds. The highest BCUT2D eigenvalue weighted by Crippen LogP contribution is 2.20. The smallest absolute Gasteiger partial charge is 0.153 e. The predicted octanol–water partition coefficient (Wildman–Crippen LogP) is 2.24. The van der Waals surface area contributed by atoms with Crippen LogP contribution in [0.1, 0.15) is 31.1 Å². The zero-order chi connectivity index (χ0) is 13.1. The molecule has 0 unspecified atom stereocenters. The summed E-state index contributed by atoms with van der Waals surface area (Å²) in [6.45, 7) is 7.88. The van der Waals surface area contributed by atoms with Crippen LogP contribution in [0.3, 0.4) is 0 Å². The Morgan fingerprint density at radius 3 is 2.67 bits per heavy atom. The molecule has 0 aliphatic carbocycles. The van der Waals surface area contributed by atoms with Crippen molar-refractivity contribution in [1.29, 1.82) is 0 Å². The monoisotopic (exact) mass is 246 g/mol. The van der Waals surface area contributed by atoms with Crippen molar-refractivity contribution >= 4 is 6.29 Å². The topological polar surface area (TPSA) is 52.7 Å². The highest BCUT2D eigenvalue weighted by molar-refractivity contribution is 5.85. The van der Waals surface area contributed by atoms with E-state index in [-0.39, 0.29) is 0 Å². The lowest BCUT2D eigenvalue weighted by Gasteiger charge is -2.03. The minimum Gasteiger partial charge on any atom is -0.298 e. The van der Waals surface area contributed by atoms with Gasteiger partial charge in [0.15, 0.2) is 6.29 Å². The summed E-state index contributed by atoms with van der Waals surface area (Å²) in [7, 11) is 0. The number of nitrogens with zero attached hydrogens (tertiary/aromatic N) is 4. The van der Waals surface area contributed by atoms with Gasteiger partial charge in [-0.3, -0.25) is 14.2 Å². The third-order valence-electron chi connectivity index (χ3n) is 2.70. The lowest BCUT2D eigenvalue weighted by Crippen LogP contribution is -2.04. The molecule has 2 aromatic rings. The molecule has 0 N–H and O–H groups in total. The molecule has 2 heterocycles. The van der Waals surface area contributed by atoms with Crippen LogP contribution in [0.25, 0.3) is 11.3 Å². The van der Waals surface area contributed by atoms with Crippen molar-refractivity contribution in [2.45, 2.75) is 33.9 Å². The molecule has 2 aromatic heterocycles. The lowest BCUT2D eigenvalue weighted by atomic mass is 10.2. The number of aryl methyl sites for hydroxylation is 1. The third kappa shape index (κ3) is 2.50. The SMILES string of the molecule is CCn1cc(-c2nn(CC(C)C)cc2C=O)cn1. The Labute approximate surface area is 106 Å². The van der Waals surface area contributed by atoms with Crippen LogP contribution in [0, 0.1) is 5.92 Å². The number of hydrogen-bond donors (Lipinski definition) is 0. The van der Waals surface area contributed by atoms with E-state index in [1.165, 1.54) is 0 Å². The van der Waals surface area contributed by atoms with Gasteiger partial charge in [-0.1, -0.05) is 13.8 Å². The van der Waals surface area contributed by atoms with Crippen LogP contribution in [0.4, 0.5) is 0 Å². The Morgan fingerprint density at radius 1 is 1.33 bits per heavy atom. The molecule has 0 spiro atoms. The Balaban J connectivity index is 2.36. The molecule has 0 saturated heterocycles. The normalized spacial score (nSPS) is 11.1. The fraction of sp³-hybridized carbons (Fsp3) is 0.462. The maximum atomic E-state index is 11.1. The van der Waals surface area contributed by atoms with Crippen molar-refractivity contribution in [3.05, 3.63) is 24.2 Å². The molecule has 5 heteroatoms. The Kier molecular flexibility index (Phi) is 3.60. The summed E-state index contributed by atoms with van der Waals surface area (Å²) in [4.78, 5) is 11.1. The van der Waals surface area contributed by atoms with Gasteiger partial charge in [0.2, 0.25) is 0 Å². The van der Waals surface area contributed by atoms with E-state index in [4.69, 9.17) is 0 Å². The van der Waals surface area contributed by atoms with Gasteiger partial charge >= 0.3 is 0 Å². The van der Waals surface area contributed by atoms with Crippen LogP contribution in [-0.4, -0.2) is 25.8 Å². The van der Waals surface area contributed by atoms with Gasteiger partial charge in [-0.2, -0.15) is 10.2 Å². The maximum Gasteiger partial charge on any atom is 0.153 e. The summed E-state index contributed by atoms with van der Waals surface area (Å²) >= 11 is 0. The molecule has 0 aliphatic heterocycles. The molecule has 5 nitrogen and oxygen atoms in total. The van der Waals surface area contributed by atoms with Crippen molar-refractivity contribution in [2.24, 2.45) is 5.92 Å². The van der Waals surface area contributed by atoms with E-state index in [1.807, 2.05) is 22.5 Å². The van der Waals surface area contributed by atoms with Gasteiger partial charge < -0.3 is 0 Å². The molecule has 0 fully saturated rings. The van der Waals surface area contributed by atoms with E-state index >= 15 is 0 Å². The minimum absolute atomic E-state index is 0.496. The summed E-state index contributed by atoms with van der Waals surface area (Å²) in [5.41, 5.74) is 2.22. The number of hydrogen-bond acceptors (Lipinski definition) is 3. The Morgan fingerprint density at radius 2 is 2.11 bits per heavy atom. The van der Waals surface area contributed by atoms with Gasteiger partial charge in [-0.25, -0.2) is 0 Å². The molecule has 2 rings (SSSR count). The Hall–Kier alpha value is -1.91. The molecule has 0 aromatic carbocycles. The van der Waals surface area contributed by atoms with E-state index in [0.717, 1.165) is 24.9 Å². The second kappa shape index (κ2) is 5.16. The first-order valence-electron chi connectivity index (χ1n) is 6.19. The Bertz CT molecular complexity index is 539. The zero-order valence-electron chi connectivity index (χ0n) is 11.0. The quantitative estimate of drug-likeness (QED) is 0.760. The van der Waals surface area contributed by atoms with E-state index in [9.17, 15) is 4.79 Å². The molecule has 18 heavy (non-hydrogen) atoms. The molecular formula is C13H18N4O. The standard InChI is InChI=1S/C13H18N4O/c1-4-16-7-11(5-14-16)13-12(9-18)8-17(15-13)6-10(2)3/h5,7-10H,4,6H2,1-3H3. The highest BCUT2D eigenvalue weighted by atomic mass is 16.1. The predicted molar refractivity (Wildman–Crippen MR) is 69.3 cm³/mol.